The molecule has 0 aromatic rings. The minimum atomic E-state index is 0.0645. The van der Waals surface area contributed by atoms with E-state index in [0.29, 0.717) is 5.70 Å². The van der Waals surface area contributed by atoms with Crippen LogP contribution in [0.25, 0.3) is 0 Å². The van der Waals surface area contributed by atoms with Crippen LogP contribution in [0.4, 0.5) is 0 Å². The van der Waals surface area contributed by atoms with Crippen LogP contribution in [0.3, 0.4) is 0 Å². The molecule has 2 N–H and O–H groups in total. The summed E-state index contributed by atoms with van der Waals surface area (Å²) in [5, 5.41) is 0. The molecule has 1 aliphatic heterocycles. The van der Waals surface area contributed by atoms with E-state index in [2.05, 4.69) is 0 Å². The number of nitrogens with two attached hydrogens (primary N) is 1. The first-order valence-electron chi connectivity index (χ1n) is 4.43. The molecule has 1 amide bonds. The van der Waals surface area contributed by atoms with Crippen LogP contribution in [-0.4, -0.2) is 23.9 Å². The molecule has 1 aliphatic rings. The van der Waals surface area contributed by atoms with Crippen molar-refractivity contribution in [2.24, 2.45) is 5.73 Å². The van der Waals surface area contributed by atoms with Crippen LogP contribution in [0.2, 0.25) is 0 Å². The maximum atomic E-state index is 11.4. The first-order valence-corrected chi connectivity index (χ1v) is 4.43. The zero-order valence-electron chi connectivity index (χ0n) is 7.55. The molecule has 0 bridgehead atoms. The number of piperidine rings is 1. The molecule has 1 fully saturated rings. The maximum absolute atomic E-state index is 11.4. The van der Waals surface area contributed by atoms with E-state index in [9.17, 15) is 4.79 Å². The lowest BCUT2D eigenvalue weighted by atomic mass is 10.1. The number of likely N-dealkylation sites (tertiary alicyclic amines) is 1. The summed E-state index contributed by atoms with van der Waals surface area (Å²) in [6.45, 7) is 3.52. The highest BCUT2D eigenvalue weighted by Gasteiger charge is 2.13. The quantitative estimate of drug-likeness (QED) is 0.590. The minimum absolute atomic E-state index is 0.0645. The van der Waals surface area contributed by atoms with Gasteiger partial charge in [0.1, 0.15) is 0 Å². The van der Waals surface area contributed by atoms with Gasteiger partial charge < -0.3 is 10.6 Å². The van der Waals surface area contributed by atoms with Crippen LogP contribution in [0.15, 0.2) is 11.8 Å². The highest BCUT2D eigenvalue weighted by Crippen LogP contribution is 2.08. The lowest BCUT2D eigenvalue weighted by Gasteiger charge is -2.25. The molecule has 3 heteroatoms. The molecule has 0 saturated carbocycles. The standard InChI is InChI=1S/C9H16N2O/c1-8(10)7-9(12)11-5-3-2-4-6-11/h7H,2-6,10H2,1H3/b8-7+. The highest BCUT2D eigenvalue weighted by atomic mass is 16.2. The molecule has 3 nitrogen and oxygen atoms in total. The molecule has 12 heavy (non-hydrogen) atoms. The van der Waals surface area contributed by atoms with Gasteiger partial charge in [0, 0.05) is 24.9 Å². The predicted octanol–water partition coefficient (Wildman–Crippen LogP) is 0.861. The molecule has 0 aliphatic carbocycles. The Morgan fingerprint density at radius 2 is 1.92 bits per heavy atom. The Bertz CT molecular complexity index is 189. The lowest BCUT2D eigenvalue weighted by molar-refractivity contribution is -0.126. The zero-order valence-corrected chi connectivity index (χ0v) is 7.55. The summed E-state index contributed by atoms with van der Waals surface area (Å²) in [5.41, 5.74) is 6.00. The maximum Gasteiger partial charge on any atom is 0.248 e. The molecular formula is C9H16N2O. The minimum Gasteiger partial charge on any atom is -0.402 e. The predicted molar refractivity (Wildman–Crippen MR) is 48.4 cm³/mol. The molecule has 1 heterocycles. The van der Waals surface area contributed by atoms with Gasteiger partial charge in [-0.15, -0.1) is 0 Å². The number of carbonyl (C=O) groups is 1. The van der Waals surface area contributed by atoms with Crippen molar-refractivity contribution < 1.29 is 4.79 Å². The van der Waals surface area contributed by atoms with Crippen molar-refractivity contribution in [3.8, 4) is 0 Å². The van der Waals surface area contributed by atoms with Crippen LogP contribution in [-0.2, 0) is 4.79 Å². The van der Waals surface area contributed by atoms with Crippen LogP contribution >= 0.6 is 0 Å². The number of allylic oxidation sites excluding steroid dienone is 1. The van der Waals surface area contributed by atoms with E-state index in [4.69, 9.17) is 5.73 Å². The van der Waals surface area contributed by atoms with Crippen molar-refractivity contribution in [1.29, 1.82) is 0 Å². The second-order valence-corrected chi connectivity index (χ2v) is 3.27. The number of amides is 1. The SMILES string of the molecule is C/C(N)=C\C(=O)N1CCCCC1. The van der Waals surface area contributed by atoms with Crippen LogP contribution in [0.1, 0.15) is 26.2 Å². The Kier molecular flexibility index (Phi) is 3.14. The average molecular weight is 168 g/mol. The average Bonchev–Trinajstić information content (AvgIpc) is 2.05. The molecule has 1 saturated heterocycles. The Hall–Kier alpha value is -0.990. The summed E-state index contributed by atoms with van der Waals surface area (Å²) >= 11 is 0. The normalized spacial score (nSPS) is 19.4. The number of hydrogen-bond donors (Lipinski definition) is 1. The fourth-order valence-electron chi connectivity index (χ4n) is 1.40. The van der Waals surface area contributed by atoms with Crippen molar-refractivity contribution in [3.63, 3.8) is 0 Å². The molecule has 0 atom stereocenters. The van der Waals surface area contributed by atoms with Gasteiger partial charge in [0.15, 0.2) is 0 Å². The third-order valence-electron chi connectivity index (χ3n) is 2.02. The van der Waals surface area contributed by atoms with Crippen molar-refractivity contribution in [1.82, 2.24) is 4.90 Å². The molecule has 0 aromatic heterocycles. The summed E-state index contributed by atoms with van der Waals surface area (Å²) < 4.78 is 0. The molecule has 68 valence electrons. The van der Waals surface area contributed by atoms with Gasteiger partial charge >= 0.3 is 0 Å². The van der Waals surface area contributed by atoms with Gasteiger partial charge in [-0.25, -0.2) is 0 Å². The van der Waals surface area contributed by atoms with Gasteiger partial charge in [-0.2, -0.15) is 0 Å². The van der Waals surface area contributed by atoms with E-state index in [-0.39, 0.29) is 5.91 Å². The topological polar surface area (TPSA) is 46.3 Å². The first-order chi connectivity index (χ1) is 5.70. The molecular weight excluding hydrogens is 152 g/mol. The van der Waals surface area contributed by atoms with Crippen molar-refractivity contribution in [2.45, 2.75) is 26.2 Å². The van der Waals surface area contributed by atoms with Crippen LogP contribution in [0, 0.1) is 0 Å². The van der Waals surface area contributed by atoms with E-state index in [1.54, 1.807) is 6.92 Å². The van der Waals surface area contributed by atoms with E-state index < -0.39 is 0 Å². The largest absolute Gasteiger partial charge is 0.402 e. The third-order valence-corrected chi connectivity index (χ3v) is 2.02. The van der Waals surface area contributed by atoms with Crippen LogP contribution < -0.4 is 5.73 Å². The van der Waals surface area contributed by atoms with Crippen molar-refractivity contribution >= 4 is 5.91 Å². The number of hydrogen-bond acceptors (Lipinski definition) is 2. The summed E-state index contributed by atoms with van der Waals surface area (Å²) in [7, 11) is 0. The summed E-state index contributed by atoms with van der Waals surface area (Å²) in [5.74, 6) is 0.0645. The smallest absolute Gasteiger partial charge is 0.248 e. The van der Waals surface area contributed by atoms with E-state index in [1.165, 1.54) is 12.5 Å². The molecule has 0 spiro atoms. The van der Waals surface area contributed by atoms with E-state index in [0.717, 1.165) is 25.9 Å². The van der Waals surface area contributed by atoms with Gasteiger partial charge in [-0.3, -0.25) is 4.79 Å². The van der Waals surface area contributed by atoms with Crippen molar-refractivity contribution in [2.75, 3.05) is 13.1 Å². The van der Waals surface area contributed by atoms with E-state index >= 15 is 0 Å². The Morgan fingerprint density at radius 3 is 2.42 bits per heavy atom. The molecule has 0 radical (unpaired) electrons. The summed E-state index contributed by atoms with van der Waals surface area (Å²) in [6, 6.07) is 0. The lowest BCUT2D eigenvalue weighted by Crippen LogP contribution is -2.34. The second-order valence-electron chi connectivity index (χ2n) is 3.27. The Labute approximate surface area is 73.2 Å². The van der Waals surface area contributed by atoms with Gasteiger partial charge in [0.05, 0.1) is 0 Å². The first kappa shape index (κ1) is 9.10. The van der Waals surface area contributed by atoms with Crippen LogP contribution in [0.5, 0.6) is 0 Å². The van der Waals surface area contributed by atoms with Gasteiger partial charge in [0.2, 0.25) is 5.91 Å². The van der Waals surface area contributed by atoms with Gasteiger partial charge in [0.25, 0.3) is 0 Å². The fourth-order valence-corrected chi connectivity index (χ4v) is 1.40. The van der Waals surface area contributed by atoms with Crippen molar-refractivity contribution in [3.05, 3.63) is 11.8 Å². The number of nitrogens with zero attached hydrogens (tertiary/aromatic N) is 1. The van der Waals surface area contributed by atoms with Gasteiger partial charge in [-0.1, -0.05) is 0 Å². The Morgan fingerprint density at radius 1 is 1.33 bits per heavy atom. The highest BCUT2D eigenvalue weighted by molar-refractivity contribution is 5.88. The molecule has 1 rings (SSSR count). The number of rotatable bonds is 1. The van der Waals surface area contributed by atoms with E-state index in [1.807, 2.05) is 4.90 Å². The molecule has 0 aromatic carbocycles. The summed E-state index contributed by atoms with van der Waals surface area (Å²) in [6.07, 6.45) is 5.01. The van der Waals surface area contributed by atoms with Gasteiger partial charge in [-0.05, 0) is 26.2 Å². The third kappa shape index (κ3) is 2.57. The molecule has 0 unspecified atom stereocenters. The number of carbonyl (C=O) groups excluding carboxylic acids is 1. The zero-order chi connectivity index (χ0) is 8.97. The Balaban J connectivity index is 2.45. The fraction of sp³-hybridized carbons (Fsp3) is 0.667. The second kappa shape index (κ2) is 4.14. The summed E-state index contributed by atoms with van der Waals surface area (Å²) in [4.78, 5) is 13.2. The monoisotopic (exact) mass is 168 g/mol.